The normalized spacial score (nSPS) is 34.0. The Morgan fingerprint density at radius 2 is 2.22 bits per heavy atom. The molecule has 9 heavy (non-hydrogen) atoms. The van der Waals surface area contributed by atoms with Gasteiger partial charge in [0, 0.05) is 7.05 Å². The number of nitrogens with zero attached hydrogens (tertiary/aromatic N) is 1. The van der Waals surface area contributed by atoms with E-state index < -0.39 is 0 Å². The third-order valence-corrected chi connectivity index (χ3v) is 1.84. The molecule has 0 N–H and O–H groups in total. The standard InChI is InChI=1S/C6H9NO2/c1-4-5(3-8)7(2)6(4)9/h3-5H,1-2H3/t4-,5+/m1/s1. The molecule has 0 aromatic carbocycles. The smallest absolute Gasteiger partial charge is 0.228 e. The van der Waals surface area contributed by atoms with E-state index in [1.165, 1.54) is 4.90 Å². The van der Waals surface area contributed by atoms with Gasteiger partial charge in [0.1, 0.15) is 6.29 Å². The molecule has 0 radical (unpaired) electrons. The Kier molecular flexibility index (Phi) is 1.27. The molecule has 0 spiro atoms. The molecule has 1 aliphatic heterocycles. The summed E-state index contributed by atoms with van der Waals surface area (Å²) in [7, 11) is 1.64. The van der Waals surface area contributed by atoms with Gasteiger partial charge in [0.25, 0.3) is 0 Å². The molecule has 1 saturated heterocycles. The average molecular weight is 127 g/mol. The number of carbonyl (C=O) groups excluding carboxylic acids is 2. The second-order valence-corrected chi connectivity index (χ2v) is 2.36. The Hall–Kier alpha value is -0.860. The van der Waals surface area contributed by atoms with Gasteiger partial charge in [-0.2, -0.15) is 0 Å². The number of amides is 1. The fourth-order valence-corrected chi connectivity index (χ4v) is 1.08. The van der Waals surface area contributed by atoms with E-state index in [1.807, 2.05) is 0 Å². The lowest BCUT2D eigenvalue weighted by Gasteiger charge is -2.39. The predicted molar refractivity (Wildman–Crippen MR) is 31.8 cm³/mol. The highest BCUT2D eigenvalue weighted by atomic mass is 16.2. The summed E-state index contributed by atoms with van der Waals surface area (Å²) < 4.78 is 0. The molecule has 1 heterocycles. The zero-order chi connectivity index (χ0) is 7.02. The minimum atomic E-state index is -0.169. The minimum Gasteiger partial charge on any atom is -0.335 e. The number of likely N-dealkylation sites (tertiary alicyclic amines) is 1. The van der Waals surface area contributed by atoms with Crippen LogP contribution in [0.4, 0.5) is 0 Å². The molecule has 2 atom stereocenters. The summed E-state index contributed by atoms with van der Waals surface area (Å²) >= 11 is 0. The molecule has 0 aliphatic carbocycles. The number of rotatable bonds is 1. The van der Waals surface area contributed by atoms with Crippen LogP contribution in [-0.4, -0.2) is 30.2 Å². The molecule has 0 aromatic rings. The Labute approximate surface area is 53.6 Å². The van der Waals surface area contributed by atoms with Gasteiger partial charge in [-0.05, 0) is 0 Å². The average Bonchev–Trinajstić information content (AvgIpc) is 1.89. The summed E-state index contributed by atoms with van der Waals surface area (Å²) in [6, 6.07) is -0.169. The Bertz CT molecular complexity index is 143. The maximum Gasteiger partial charge on any atom is 0.228 e. The summed E-state index contributed by atoms with van der Waals surface area (Å²) in [6.07, 6.45) is 0.812. The van der Waals surface area contributed by atoms with Crippen LogP contribution in [0.5, 0.6) is 0 Å². The van der Waals surface area contributed by atoms with E-state index in [-0.39, 0.29) is 17.9 Å². The summed E-state index contributed by atoms with van der Waals surface area (Å²) in [5, 5.41) is 0. The number of β-lactam (4-membered cyclic amide) rings is 1. The van der Waals surface area contributed by atoms with Gasteiger partial charge in [0.05, 0.1) is 12.0 Å². The quantitative estimate of drug-likeness (QED) is 0.357. The number of carbonyl (C=O) groups is 2. The highest BCUT2D eigenvalue weighted by Crippen LogP contribution is 2.21. The third-order valence-electron chi connectivity index (χ3n) is 1.84. The molecule has 0 aromatic heterocycles. The van der Waals surface area contributed by atoms with Crippen molar-refractivity contribution in [2.45, 2.75) is 13.0 Å². The first-order chi connectivity index (χ1) is 4.18. The van der Waals surface area contributed by atoms with Crippen LogP contribution >= 0.6 is 0 Å². The van der Waals surface area contributed by atoms with Gasteiger partial charge in [-0.15, -0.1) is 0 Å². The second-order valence-electron chi connectivity index (χ2n) is 2.36. The lowest BCUT2D eigenvalue weighted by atomic mass is 9.91. The van der Waals surface area contributed by atoms with Gasteiger partial charge in [0.2, 0.25) is 5.91 Å². The van der Waals surface area contributed by atoms with Crippen molar-refractivity contribution in [2.75, 3.05) is 7.05 Å². The van der Waals surface area contributed by atoms with Gasteiger partial charge < -0.3 is 9.69 Å². The van der Waals surface area contributed by atoms with Gasteiger partial charge in [-0.3, -0.25) is 4.79 Å². The minimum absolute atomic E-state index is 0.0621. The molecule has 1 aliphatic rings. The van der Waals surface area contributed by atoms with Crippen molar-refractivity contribution in [3.8, 4) is 0 Å². The van der Waals surface area contributed by atoms with Gasteiger partial charge in [-0.25, -0.2) is 0 Å². The number of aldehydes is 1. The molecular formula is C6H9NO2. The zero-order valence-electron chi connectivity index (χ0n) is 5.50. The van der Waals surface area contributed by atoms with Crippen LogP contribution in [0, 0.1) is 5.92 Å². The highest BCUT2D eigenvalue weighted by Gasteiger charge is 2.40. The molecule has 0 bridgehead atoms. The van der Waals surface area contributed by atoms with Crippen molar-refractivity contribution in [1.29, 1.82) is 0 Å². The summed E-state index contributed by atoms with van der Waals surface area (Å²) in [6.45, 7) is 1.77. The van der Waals surface area contributed by atoms with Crippen molar-refractivity contribution in [2.24, 2.45) is 5.92 Å². The van der Waals surface area contributed by atoms with Crippen LogP contribution in [0.1, 0.15) is 6.92 Å². The van der Waals surface area contributed by atoms with E-state index in [1.54, 1.807) is 14.0 Å². The van der Waals surface area contributed by atoms with Crippen LogP contribution in [-0.2, 0) is 9.59 Å². The molecular weight excluding hydrogens is 118 g/mol. The van der Waals surface area contributed by atoms with Crippen LogP contribution in [0.15, 0.2) is 0 Å². The molecule has 1 rings (SSSR count). The molecule has 3 nitrogen and oxygen atoms in total. The molecule has 1 fully saturated rings. The van der Waals surface area contributed by atoms with Gasteiger partial charge >= 0.3 is 0 Å². The monoisotopic (exact) mass is 127 g/mol. The highest BCUT2D eigenvalue weighted by molar-refractivity contribution is 5.92. The fourth-order valence-electron chi connectivity index (χ4n) is 1.08. The number of hydrogen-bond donors (Lipinski definition) is 0. The summed E-state index contributed by atoms with van der Waals surface area (Å²) in [5.41, 5.74) is 0. The third kappa shape index (κ3) is 0.642. The summed E-state index contributed by atoms with van der Waals surface area (Å²) in [5.74, 6) is -0.0281. The Morgan fingerprint density at radius 3 is 2.44 bits per heavy atom. The predicted octanol–water partition coefficient (Wildman–Crippen LogP) is -0.338. The van der Waals surface area contributed by atoms with Gasteiger partial charge in [-0.1, -0.05) is 6.92 Å². The lowest BCUT2D eigenvalue weighted by Crippen LogP contribution is -2.58. The van der Waals surface area contributed by atoms with Crippen LogP contribution in [0.25, 0.3) is 0 Å². The zero-order valence-corrected chi connectivity index (χ0v) is 5.50. The van der Waals surface area contributed by atoms with E-state index in [2.05, 4.69) is 0 Å². The van der Waals surface area contributed by atoms with E-state index in [0.29, 0.717) is 0 Å². The first-order valence-corrected chi connectivity index (χ1v) is 2.90. The fraction of sp³-hybridized carbons (Fsp3) is 0.667. The maximum absolute atomic E-state index is 10.7. The largest absolute Gasteiger partial charge is 0.335 e. The van der Waals surface area contributed by atoms with Crippen LogP contribution in [0.3, 0.4) is 0 Å². The first kappa shape index (κ1) is 6.26. The molecule has 0 saturated carbocycles. The van der Waals surface area contributed by atoms with E-state index in [4.69, 9.17) is 0 Å². The van der Waals surface area contributed by atoms with Crippen LogP contribution < -0.4 is 0 Å². The van der Waals surface area contributed by atoms with Gasteiger partial charge in [0.15, 0.2) is 0 Å². The number of likely N-dealkylation sites (N-methyl/N-ethyl adjacent to an activating group) is 1. The molecule has 3 heteroatoms. The van der Waals surface area contributed by atoms with Crippen molar-refractivity contribution < 1.29 is 9.59 Å². The Morgan fingerprint density at radius 1 is 1.67 bits per heavy atom. The Balaban J connectivity index is 2.61. The summed E-state index contributed by atoms with van der Waals surface area (Å²) in [4.78, 5) is 22.3. The second kappa shape index (κ2) is 1.83. The molecule has 50 valence electrons. The SMILES string of the molecule is C[C@H]1C(=O)N(C)[C@H]1C=O. The van der Waals surface area contributed by atoms with E-state index >= 15 is 0 Å². The molecule has 1 amide bonds. The van der Waals surface area contributed by atoms with Crippen molar-refractivity contribution in [3.05, 3.63) is 0 Å². The number of hydrogen-bond acceptors (Lipinski definition) is 2. The van der Waals surface area contributed by atoms with E-state index in [9.17, 15) is 9.59 Å². The van der Waals surface area contributed by atoms with Crippen molar-refractivity contribution in [1.82, 2.24) is 4.90 Å². The van der Waals surface area contributed by atoms with Crippen molar-refractivity contribution >= 4 is 12.2 Å². The topological polar surface area (TPSA) is 37.4 Å². The first-order valence-electron chi connectivity index (χ1n) is 2.90. The lowest BCUT2D eigenvalue weighted by molar-refractivity contribution is -0.154. The van der Waals surface area contributed by atoms with Crippen LogP contribution in [0.2, 0.25) is 0 Å². The van der Waals surface area contributed by atoms with Crippen molar-refractivity contribution in [3.63, 3.8) is 0 Å². The maximum atomic E-state index is 10.7. The molecule has 0 unspecified atom stereocenters. The van der Waals surface area contributed by atoms with E-state index in [0.717, 1.165) is 6.29 Å².